The fraction of sp³-hybridized carbons (Fsp3) is 0.226. The maximum absolute atomic E-state index is 14.6. The highest BCUT2D eigenvalue weighted by molar-refractivity contribution is 5.96. The van der Waals surface area contributed by atoms with Crippen LogP contribution >= 0.6 is 0 Å². The zero-order chi connectivity index (χ0) is 29.2. The van der Waals surface area contributed by atoms with E-state index in [1.807, 2.05) is 19.1 Å². The fourth-order valence-corrected chi connectivity index (χ4v) is 4.12. The van der Waals surface area contributed by atoms with Crippen molar-refractivity contribution >= 4 is 18.0 Å². The lowest BCUT2D eigenvalue weighted by atomic mass is 10.00. The number of halogens is 1. The Hall–Kier alpha value is -4.99. The summed E-state index contributed by atoms with van der Waals surface area (Å²) in [5.74, 6) is -1.49. The van der Waals surface area contributed by atoms with Crippen molar-refractivity contribution in [2.24, 2.45) is 0 Å². The zero-order valence-corrected chi connectivity index (χ0v) is 22.7. The number of nitrogens with zero attached hydrogens (tertiary/aromatic N) is 1. The van der Waals surface area contributed by atoms with E-state index in [-0.39, 0.29) is 25.3 Å². The summed E-state index contributed by atoms with van der Waals surface area (Å²) in [6.07, 6.45) is -0.333. The molecule has 3 aromatic carbocycles. The lowest BCUT2D eigenvalue weighted by molar-refractivity contribution is -0.147. The summed E-state index contributed by atoms with van der Waals surface area (Å²) >= 11 is 0. The largest absolute Gasteiger partial charge is 0.459 e. The third-order valence-corrected chi connectivity index (χ3v) is 6.18. The van der Waals surface area contributed by atoms with Crippen LogP contribution < -0.4 is 10.6 Å². The van der Waals surface area contributed by atoms with Gasteiger partial charge >= 0.3 is 12.1 Å². The molecule has 0 aliphatic rings. The molecule has 2 N–H and O–H groups in total. The first-order chi connectivity index (χ1) is 19.8. The van der Waals surface area contributed by atoms with Crippen LogP contribution in [-0.4, -0.2) is 35.7 Å². The first kappa shape index (κ1) is 29.0. The molecule has 212 valence electrons. The number of esters is 1. The van der Waals surface area contributed by atoms with Crippen LogP contribution in [0.2, 0.25) is 0 Å². The van der Waals surface area contributed by atoms with Gasteiger partial charge in [0.25, 0.3) is 5.91 Å². The first-order valence-corrected chi connectivity index (χ1v) is 13.1. The van der Waals surface area contributed by atoms with Crippen molar-refractivity contribution in [1.82, 2.24) is 15.8 Å². The van der Waals surface area contributed by atoms with Gasteiger partial charge in [-0.25, -0.2) is 14.0 Å². The summed E-state index contributed by atoms with van der Waals surface area (Å²) in [6.45, 7) is 3.24. The molecule has 9 nitrogen and oxygen atoms in total. The van der Waals surface area contributed by atoms with E-state index < -0.39 is 29.8 Å². The average Bonchev–Trinajstić information content (AvgIpc) is 3.37. The molecule has 4 aromatic rings. The van der Waals surface area contributed by atoms with Crippen LogP contribution in [0.1, 0.15) is 39.9 Å². The molecule has 0 aliphatic carbocycles. The minimum atomic E-state index is -1.27. The predicted molar refractivity (Wildman–Crippen MR) is 148 cm³/mol. The minimum Gasteiger partial charge on any atom is -0.459 e. The normalized spacial score (nSPS) is 11.4. The highest BCUT2D eigenvalue weighted by Gasteiger charge is 2.25. The molecule has 4 rings (SSSR count). The van der Waals surface area contributed by atoms with E-state index in [0.29, 0.717) is 29.0 Å². The van der Waals surface area contributed by atoms with Gasteiger partial charge in [0.05, 0.1) is 5.69 Å². The molecule has 1 heterocycles. The second kappa shape index (κ2) is 13.9. The van der Waals surface area contributed by atoms with Gasteiger partial charge in [0.15, 0.2) is 0 Å². The van der Waals surface area contributed by atoms with Crippen molar-refractivity contribution in [1.29, 1.82) is 0 Å². The summed E-state index contributed by atoms with van der Waals surface area (Å²) in [5, 5.41) is 8.98. The number of ether oxygens (including phenoxy) is 2. The van der Waals surface area contributed by atoms with Gasteiger partial charge in [-0.2, -0.15) is 0 Å². The van der Waals surface area contributed by atoms with Crippen LogP contribution in [0.5, 0.6) is 0 Å². The molecule has 10 heteroatoms. The number of benzene rings is 3. The molecule has 0 fully saturated rings. The number of carbonyl (C=O) groups is 3. The van der Waals surface area contributed by atoms with E-state index in [9.17, 15) is 18.8 Å². The molecule has 0 saturated heterocycles. The maximum atomic E-state index is 14.6. The Morgan fingerprint density at radius 2 is 1.56 bits per heavy atom. The molecule has 0 saturated carbocycles. The second-order valence-electron chi connectivity index (χ2n) is 9.21. The molecule has 1 atom stereocenters. The smallest absolute Gasteiger partial charge is 0.408 e. The Balaban J connectivity index is 1.45. The van der Waals surface area contributed by atoms with Gasteiger partial charge in [-0.05, 0) is 41.8 Å². The molecule has 0 aliphatic heterocycles. The Kier molecular flexibility index (Phi) is 9.82. The van der Waals surface area contributed by atoms with Crippen LogP contribution in [0.4, 0.5) is 9.18 Å². The topological polar surface area (TPSA) is 120 Å². The van der Waals surface area contributed by atoms with Gasteiger partial charge in [0.1, 0.15) is 30.8 Å². The van der Waals surface area contributed by atoms with Crippen LogP contribution in [0, 0.1) is 12.7 Å². The molecule has 0 radical (unpaired) electrons. The maximum Gasteiger partial charge on any atom is 0.408 e. The van der Waals surface area contributed by atoms with E-state index in [0.717, 1.165) is 17.2 Å². The van der Waals surface area contributed by atoms with E-state index in [1.165, 1.54) is 12.1 Å². The quantitative estimate of drug-likeness (QED) is 0.245. The number of carbonyl (C=O) groups excluding carboxylic acids is 3. The molecule has 0 bridgehead atoms. The molecule has 2 amide bonds. The Morgan fingerprint density at radius 1 is 0.927 bits per heavy atom. The average molecular weight is 560 g/mol. The predicted octanol–water partition coefficient (Wildman–Crippen LogP) is 5.12. The first-order valence-electron chi connectivity index (χ1n) is 13.1. The van der Waals surface area contributed by atoms with Gasteiger partial charge in [-0.1, -0.05) is 72.7 Å². The van der Waals surface area contributed by atoms with E-state index in [2.05, 4.69) is 15.8 Å². The van der Waals surface area contributed by atoms with E-state index in [4.69, 9.17) is 14.0 Å². The van der Waals surface area contributed by atoms with Crippen molar-refractivity contribution in [3.05, 3.63) is 113 Å². The second-order valence-corrected chi connectivity index (χ2v) is 9.21. The number of rotatable bonds is 11. The van der Waals surface area contributed by atoms with Crippen molar-refractivity contribution in [2.45, 2.75) is 39.5 Å². The van der Waals surface area contributed by atoms with Crippen molar-refractivity contribution in [3.63, 3.8) is 0 Å². The summed E-state index contributed by atoms with van der Waals surface area (Å²) in [7, 11) is 0. The zero-order valence-electron chi connectivity index (χ0n) is 22.7. The Morgan fingerprint density at radius 3 is 2.20 bits per heavy atom. The fourth-order valence-electron chi connectivity index (χ4n) is 4.12. The van der Waals surface area contributed by atoms with Crippen LogP contribution in [-0.2, 0) is 33.9 Å². The molecule has 41 heavy (non-hydrogen) atoms. The molecular formula is C31H30FN3O6. The highest BCUT2D eigenvalue weighted by atomic mass is 19.1. The minimum absolute atomic E-state index is 0.0150. The number of aryl methyl sites for hydroxylation is 2. The lowest BCUT2D eigenvalue weighted by Crippen LogP contribution is -2.49. The van der Waals surface area contributed by atoms with Crippen LogP contribution in [0.25, 0.3) is 11.1 Å². The SMILES string of the molecule is CCc1onc(C)c1-c1cc(F)cc(C(=O)NC[C@@H](NC(=O)OCc2ccccc2)C(=O)OCc2ccccc2)c1. The van der Waals surface area contributed by atoms with Crippen LogP contribution in [0.15, 0.2) is 83.4 Å². The monoisotopic (exact) mass is 559 g/mol. The van der Waals surface area contributed by atoms with Gasteiger partial charge in [-0.15, -0.1) is 0 Å². The van der Waals surface area contributed by atoms with E-state index in [1.54, 1.807) is 55.5 Å². The van der Waals surface area contributed by atoms with Crippen molar-refractivity contribution in [3.8, 4) is 11.1 Å². The van der Waals surface area contributed by atoms with E-state index >= 15 is 0 Å². The Bertz CT molecular complexity index is 1490. The molecule has 0 unspecified atom stereocenters. The molecule has 0 spiro atoms. The summed E-state index contributed by atoms with van der Waals surface area (Å²) < 4.78 is 30.5. The Labute approximate surface area is 236 Å². The van der Waals surface area contributed by atoms with Gasteiger partial charge in [-0.3, -0.25) is 4.79 Å². The highest BCUT2D eigenvalue weighted by Crippen LogP contribution is 2.29. The number of alkyl carbamates (subject to hydrolysis) is 1. The number of hydrogen-bond acceptors (Lipinski definition) is 7. The molecule has 1 aromatic heterocycles. The van der Waals surface area contributed by atoms with Crippen molar-refractivity contribution < 1.29 is 32.8 Å². The molecular weight excluding hydrogens is 529 g/mol. The van der Waals surface area contributed by atoms with Gasteiger partial charge in [0.2, 0.25) is 0 Å². The number of amides is 2. The van der Waals surface area contributed by atoms with Gasteiger partial charge < -0.3 is 24.6 Å². The summed E-state index contributed by atoms with van der Waals surface area (Å²) in [6, 6.07) is 20.7. The van der Waals surface area contributed by atoms with Crippen molar-refractivity contribution in [2.75, 3.05) is 6.54 Å². The van der Waals surface area contributed by atoms with Crippen LogP contribution in [0.3, 0.4) is 0 Å². The number of hydrogen-bond donors (Lipinski definition) is 2. The standard InChI is InChI=1S/C31H30FN3O6/c1-3-27-28(20(2)35-41-27)23-14-24(16-25(32)15-23)29(36)33-17-26(30(37)39-18-21-10-6-4-7-11-21)34-31(38)40-19-22-12-8-5-9-13-22/h4-16,26H,3,17-19H2,1-2H3,(H,33,36)(H,34,38)/t26-/m1/s1. The summed E-state index contributed by atoms with van der Waals surface area (Å²) in [5.41, 5.74) is 3.15. The number of aromatic nitrogens is 1. The third-order valence-electron chi connectivity index (χ3n) is 6.18. The number of nitrogens with one attached hydrogen (secondary N) is 2. The third kappa shape index (κ3) is 8.01. The van der Waals surface area contributed by atoms with Gasteiger partial charge in [0, 0.05) is 24.1 Å². The summed E-state index contributed by atoms with van der Waals surface area (Å²) in [4.78, 5) is 38.5. The lowest BCUT2D eigenvalue weighted by Gasteiger charge is -2.18.